The molecule has 3 aliphatic rings. The first-order valence-corrected chi connectivity index (χ1v) is 9.36. The number of rotatable bonds is 4. The predicted octanol–water partition coefficient (Wildman–Crippen LogP) is 2.03. The second-order valence-electron chi connectivity index (χ2n) is 7.51. The van der Waals surface area contributed by atoms with Crippen LogP contribution in [0.5, 0.6) is 0 Å². The highest BCUT2D eigenvalue weighted by Crippen LogP contribution is 2.29. The van der Waals surface area contributed by atoms with Gasteiger partial charge < -0.3 is 15.1 Å². The number of nitrogens with one attached hydrogen (secondary N) is 1. The highest BCUT2D eigenvalue weighted by molar-refractivity contribution is 6.09. The Morgan fingerprint density at radius 3 is 3.00 bits per heavy atom. The lowest BCUT2D eigenvalue weighted by molar-refractivity contribution is -0.134. The van der Waals surface area contributed by atoms with Crippen LogP contribution in [0.2, 0.25) is 0 Å². The second kappa shape index (κ2) is 6.68. The second-order valence-corrected chi connectivity index (χ2v) is 7.51. The SMILES string of the molecule is CC1=CC2=NC(=O)CC(C)(C(=O)NCCN3CCc4ccccc43)N2C=C1. The van der Waals surface area contributed by atoms with Crippen molar-refractivity contribution in [2.45, 2.75) is 32.2 Å². The molecule has 0 aliphatic carbocycles. The molecule has 0 saturated carbocycles. The van der Waals surface area contributed by atoms with Gasteiger partial charge in [-0.25, -0.2) is 0 Å². The van der Waals surface area contributed by atoms with Gasteiger partial charge in [0.15, 0.2) is 0 Å². The first-order valence-electron chi connectivity index (χ1n) is 9.36. The molecule has 3 aliphatic heterocycles. The Kier molecular flexibility index (Phi) is 4.34. The number of benzene rings is 1. The van der Waals surface area contributed by atoms with Crippen molar-refractivity contribution in [2.75, 3.05) is 24.5 Å². The average molecular weight is 364 g/mol. The summed E-state index contributed by atoms with van der Waals surface area (Å²) in [6.07, 6.45) is 6.73. The van der Waals surface area contributed by atoms with Crippen molar-refractivity contribution < 1.29 is 9.59 Å². The van der Waals surface area contributed by atoms with Gasteiger partial charge in [0, 0.05) is 31.5 Å². The third-order valence-electron chi connectivity index (χ3n) is 5.50. The summed E-state index contributed by atoms with van der Waals surface area (Å²) in [4.78, 5) is 33.3. The van der Waals surface area contributed by atoms with Crippen molar-refractivity contribution in [3.63, 3.8) is 0 Å². The van der Waals surface area contributed by atoms with Crippen molar-refractivity contribution in [1.82, 2.24) is 10.2 Å². The van der Waals surface area contributed by atoms with Crippen LogP contribution >= 0.6 is 0 Å². The number of carbonyl (C=O) groups is 2. The smallest absolute Gasteiger partial charge is 0.250 e. The zero-order chi connectivity index (χ0) is 19.0. The van der Waals surface area contributed by atoms with Crippen LogP contribution in [0, 0.1) is 0 Å². The lowest BCUT2D eigenvalue weighted by Crippen LogP contribution is -2.60. The van der Waals surface area contributed by atoms with Crippen molar-refractivity contribution in [3.05, 3.63) is 53.8 Å². The van der Waals surface area contributed by atoms with Gasteiger partial charge in [-0.2, -0.15) is 4.99 Å². The van der Waals surface area contributed by atoms with Crippen molar-refractivity contribution in [2.24, 2.45) is 4.99 Å². The number of hydrogen-bond acceptors (Lipinski definition) is 4. The highest BCUT2D eigenvalue weighted by atomic mass is 16.2. The number of amides is 2. The summed E-state index contributed by atoms with van der Waals surface area (Å²) in [7, 11) is 0. The van der Waals surface area contributed by atoms with Gasteiger partial charge in [0.25, 0.3) is 5.91 Å². The maximum Gasteiger partial charge on any atom is 0.250 e. The van der Waals surface area contributed by atoms with Gasteiger partial charge in [0.2, 0.25) is 5.91 Å². The van der Waals surface area contributed by atoms with Crippen LogP contribution < -0.4 is 10.2 Å². The van der Waals surface area contributed by atoms with E-state index in [1.165, 1.54) is 11.3 Å². The number of amidine groups is 1. The monoisotopic (exact) mass is 364 g/mol. The van der Waals surface area contributed by atoms with Gasteiger partial charge in [-0.15, -0.1) is 0 Å². The zero-order valence-electron chi connectivity index (χ0n) is 15.7. The van der Waals surface area contributed by atoms with Gasteiger partial charge in [0.05, 0.1) is 6.42 Å². The summed E-state index contributed by atoms with van der Waals surface area (Å²) < 4.78 is 0. The highest BCUT2D eigenvalue weighted by Gasteiger charge is 2.45. The number of aliphatic imine (C=N–C) groups is 1. The molecule has 1 atom stereocenters. The molecule has 0 aromatic heterocycles. The fraction of sp³-hybridized carbons (Fsp3) is 0.381. The molecule has 0 bridgehead atoms. The number of para-hydroxylation sites is 1. The van der Waals surface area contributed by atoms with Gasteiger partial charge in [-0.05, 0) is 49.6 Å². The Labute approximate surface area is 159 Å². The van der Waals surface area contributed by atoms with E-state index in [9.17, 15) is 9.59 Å². The van der Waals surface area contributed by atoms with E-state index >= 15 is 0 Å². The molecule has 1 aromatic carbocycles. The molecular weight excluding hydrogens is 340 g/mol. The summed E-state index contributed by atoms with van der Waals surface area (Å²) in [5.74, 6) is 0.137. The fourth-order valence-corrected chi connectivity index (χ4v) is 3.96. The molecule has 1 N–H and O–H groups in total. The Hall–Kier alpha value is -2.89. The van der Waals surface area contributed by atoms with Crippen LogP contribution in [0.1, 0.15) is 25.8 Å². The van der Waals surface area contributed by atoms with Crippen LogP contribution in [-0.4, -0.2) is 47.7 Å². The van der Waals surface area contributed by atoms with Crippen molar-refractivity contribution in [3.8, 4) is 0 Å². The molecule has 4 rings (SSSR count). The van der Waals surface area contributed by atoms with E-state index in [0.717, 1.165) is 25.1 Å². The third kappa shape index (κ3) is 3.16. The van der Waals surface area contributed by atoms with Crippen LogP contribution in [-0.2, 0) is 16.0 Å². The molecule has 0 saturated heterocycles. The van der Waals surface area contributed by atoms with E-state index in [1.807, 2.05) is 36.2 Å². The standard InChI is InChI=1S/C21H24N4O2/c1-15-7-11-25-18(13-15)23-19(26)14-21(25,2)20(27)22-9-12-24-10-8-16-5-3-4-6-17(16)24/h3-7,11,13H,8-10,12,14H2,1-2H3,(H,22,27). The minimum absolute atomic E-state index is 0.0755. The molecule has 6 heteroatoms. The minimum Gasteiger partial charge on any atom is -0.369 e. The number of hydrogen-bond donors (Lipinski definition) is 1. The molecule has 1 aromatic rings. The lowest BCUT2D eigenvalue weighted by Gasteiger charge is -2.42. The number of fused-ring (bicyclic) bond motifs is 2. The summed E-state index contributed by atoms with van der Waals surface area (Å²) in [5.41, 5.74) is 2.66. The van der Waals surface area contributed by atoms with Gasteiger partial charge in [-0.1, -0.05) is 18.2 Å². The predicted molar refractivity (Wildman–Crippen MR) is 106 cm³/mol. The van der Waals surface area contributed by atoms with Crippen molar-refractivity contribution >= 4 is 23.3 Å². The van der Waals surface area contributed by atoms with E-state index in [-0.39, 0.29) is 18.2 Å². The molecule has 27 heavy (non-hydrogen) atoms. The molecule has 1 unspecified atom stereocenters. The molecule has 0 fully saturated rings. The van der Waals surface area contributed by atoms with Gasteiger partial charge >= 0.3 is 0 Å². The number of anilines is 1. The van der Waals surface area contributed by atoms with E-state index in [1.54, 1.807) is 6.92 Å². The average Bonchev–Trinajstić information content (AvgIpc) is 3.04. The summed E-state index contributed by atoms with van der Waals surface area (Å²) in [6.45, 7) is 6.01. The maximum atomic E-state index is 13.0. The van der Waals surface area contributed by atoms with Crippen molar-refractivity contribution in [1.29, 1.82) is 0 Å². The first-order chi connectivity index (χ1) is 13.0. The molecule has 6 nitrogen and oxygen atoms in total. The first kappa shape index (κ1) is 17.5. The van der Waals surface area contributed by atoms with E-state index < -0.39 is 5.54 Å². The van der Waals surface area contributed by atoms with Crippen LogP contribution in [0.25, 0.3) is 0 Å². The Balaban J connectivity index is 1.42. The Bertz CT molecular complexity index is 886. The molecule has 0 spiro atoms. The van der Waals surface area contributed by atoms with E-state index in [0.29, 0.717) is 12.4 Å². The van der Waals surface area contributed by atoms with E-state index in [4.69, 9.17) is 0 Å². The fourth-order valence-electron chi connectivity index (χ4n) is 3.96. The topological polar surface area (TPSA) is 65.0 Å². The minimum atomic E-state index is -0.954. The summed E-state index contributed by atoms with van der Waals surface area (Å²) >= 11 is 0. The summed E-state index contributed by atoms with van der Waals surface area (Å²) in [5, 5.41) is 3.03. The molecular formula is C21H24N4O2. The lowest BCUT2D eigenvalue weighted by atomic mass is 9.90. The molecule has 140 valence electrons. The Morgan fingerprint density at radius 2 is 2.15 bits per heavy atom. The van der Waals surface area contributed by atoms with Crippen LogP contribution in [0.3, 0.4) is 0 Å². The quantitative estimate of drug-likeness (QED) is 0.888. The third-order valence-corrected chi connectivity index (χ3v) is 5.50. The molecule has 3 heterocycles. The van der Waals surface area contributed by atoms with Gasteiger partial charge in [0.1, 0.15) is 11.4 Å². The maximum absolute atomic E-state index is 13.0. The van der Waals surface area contributed by atoms with Crippen LogP contribution in [0.4, 0.5) is 5.69 Å². The number of nitrogens with zero attached hydrogens (tertiary/aromatic N) is 3. The number of allylic oxidation sites excluding steroid dienone is 2. The molecule has 2 amide bonds. The van der Waals surface area contributed by atoms with E-state index in [2.05, 4.69) is 33.4 Å². The Morgan fingerprint density at radius 1 is 1.33 bits per heavy atom. The van der Waals surface area contributed by atoms with Crippen LogP contribution in [0.15, 0.2) is 53.2 Å². The molecule has 0 radical (unpaired) electrons. The number of carbonyl (C=O) groups excluding carboxylic acids is 2. The largest absolute Gasteiger partial charge is 0.369 e. The zero-order valence-corrected chi connectivity index (χ0v) is 15.7. The summed E-state index contributed by atoms with van der Waals surface area (Å²) in [6, 6.07) is 8.39. The van der Waals surface area contributed by atoms with Gasteiger partial charge in [-0.3, -0.25) is 9.59 Å². The normalized spacial score (nSPS) is 23.6.